The van der Waals surface area contributed by atoms with Gasteiger partial charge in [-0.25, -0.2) is 0 Å². The first-order valence-corrected chi connectivity index (χ1v) is 11.6. The van der Waals surface area contributed by atoms with Crippen molar-refractivity contribution in [3.05, 3.63) is 120 Å². The average Bonchev–Trinajstić information content (AvgIpc) is 2.89. The third kappa shape index (κ3) is 5.85. The summed E-state index contributed by atoms with van der Waals surface area (Å²) in [5.41, 5.74) is 2.35. The van der Waals surface area contributed by atoms with Crippen LogP contribution in [0.5, 0.6) is 5.75 Å². The van der Waals surface area contributed by atoms with Gasteiger partial charge < -0.3 is 15.4 Å². The zero-order valence-electron chi connectivity index (χ0n) is 18.6. The number of methoxy groups -OCH3 is 1. The van der Waals surface area contributed by atoms with Crippen LogP contribution in [0, 0.1) is 0 Å². The van der Waals surface area contributed by atoms with E-state index in [0.717, 1.165) is 10.5 Å². The molecule has 0 aromatic heterocycles. The lowest BCUT2D eigenvalue weighted by molar-refractivity contribution is -0.115. The number of carbonyl (C=O) groups excluding carboxylic acids is 2. The highest BCUT2D eigenvalue weighted by atomic mass is 32.2. The second-order valence-electron chi connectivity index (χ2n) is 7.44. The molecule has 4 aromatic carbocycles. The summed E-state index contributed by atoms with van der Waals surface area (Å²) in [5.74, 6) is 0.186. The van der Waals surface area contributed by atoms with Gasteiger partial charge in [0.1, 0.15) is 11.0 Å². The summed E-state index contributed by atoms with van der Waals surface area (Å²) in [6, 6.07) is 33.5. The van der Waals surface area contributed by atoms with E-state index in [1.165, 1.54) is 11.8 Å². The molecule has 0 fully saturated rings. The van der Waals surface area contributed by atoms with Crippen LogP contribution >= 0.6 is 11.8 Å². The van der Waals surface area contributed by atoms with Gasteiger partial charge in [0.15, 0.2) is 0 Å². The van der Waals surface area contributed by atoms with Crippen LogP contribution in [-0.2, 0) is 4.79 Å². The van der Waals surface area contributed by atoms with Gasteiger partial charge in [0.25, 0.3) is 5.91 Å². The van der Waals surface area contributed by atoms with Crippen molar-refractivity contribution in [3.63, 3.8) is 0 Å². The molecule has 4 aromatic rings. The van der Waals surface area contributed by atoms with E-state index in [-0.39, 0.29) is 11.8 Å². The van der Waals surface area contributed by atoms with E-state index in [1.807, 2.05) is 60.7 Å². The largest absolute Gasteiger partial charge is 0.497 e. The van der Waals surface area contributed by atoms with Crippen molar-refractivity contribution in [2.24, 2.45) is 0 Å². The third-order valence-corrected chi connectivity index (χ3v) is 6.38. The van der Waals surface area contributed by atoms with Crippen LogP contribution < -0.4 is 15.4 Å². The third-order valence-electron chi connectivity index (χ3n) is 5.12. The van der Waals surface area contributed by atoms with Crippen molar-refractivity contribution >= 4 is 35.0 Å². The second kappa shape index (κ2) is 11.2. The number of rotatable bonds is 8. The number of hydrogen-bond donors (Lipinski definition) is 2. The monoisotopic (exact) mass is 468 g/mol. The van der Waals surface area contributed by atoms with Crippen LogP contribution in [0.15, 0.2) is 114 Å². The number of thioether (sulfide) groups is 1. The Balaban J connectivity index is 1.55. The van der Waals surface area contributed by atoms with E-state index in [2.05, 4.69) is 10.6 Å². The van der Waals surface area contributed by atoms with Crippen LogP contribution in [0.1, 0.15) is 21.2 Å². The Morgan fingerprint density at radius 1 is 0.735 bits per heavy atom. The molecule has 2 N–H and O–H groups in total. The Morgan fingerprint density at radius 3 is 2.03 bits per heavy atom. The van der Waals surface area contributed by atoms with Gasteiger partial charge in [-0.15, -0.1) is 11.8 Å². The lowest BCUT2D eigenvalue weighted by Crippen LogP contribution is -2.22. The van der Waals surface area contributed by atoms with Crippen molar-refractivity contribution in [1.29, 1.82) is 0 Å². The number of carbonyl (C=O) groups is 2. The maximum atomic E-state index is 13.4. The van der Waals surface area contributed by atoms with Gasteiger partial charge in [0.05, 0.1) is 18.4 Å². The molecule has 1 atom stereocenters. The van der Waals surface area contributed by atoms with E-state index in [9.17, 15) is 9.59 Å². The van der Waals surface area contributed by atoms with Crippen LogP contribution in [0.3, 0.4) is 0 Å². The van der Waals surface area contributed by atoms with Gasteiger partial charge in [-0.1, -0.05) is 60.7 Å². The summed E-state index contributed by atoms with van der Waals surface area (Å²) in [6.45, 7) is 0. The molecule has 5 nitrogen and oxygen atoms in total. The SMILES string of the molecule is COc1ccc(NC(=O)c2ccccc2NC(=O)[C@H](Sc2ccccc2)c2ccccc2)cc1. The predicted octanol–water partition coefficient (Wildman–Crippen LogP) is 6.42. The molecule has 0 radical (unpaired) electrons. The minimum atomic E-state index is -0.485. The van der Waals surface area contributed by atoms with Gasteiger partial charge in [-0.2, -0.15) is 0 Å². The molecule has 170 valence electrons. The molecule has 0 saturated heterocycles. The summed E-state index contributed by atoms with van der Waals surface area (Å²) in [5, 5.41) is 5.36. The van der Waals surface area contributed by atoms with Crippen molar-refractivity contribution in [3.8, 4) is 5.75 Å². The number of ether oxygens (including phenoxy) is 1. The number of anilines is 2. The molecule has 0 aliphatic rings. The van der Waals surface area contributed by atoms with Gasteiger partial charge in [0, 0.05) is 10.6 Å². The molecule has 0 unspecified atom stereocenters. The Labute approximate surface area is 203 Å². The lowest BCUT2D eigenvalue weighted by Gasteiger charge is -2.18. The molecule has 34 heavy (non-hydrogen) atoms. The summed E-state index contributed by atoms with van der Waals surface area (Å²) in [6.07, 6.45) is 0. The number of amides is 2. The minimum Gasteiger partial charge on any atom is -0.497 e. The molecule has 0 bridgehead atoms. The first-order chi connectivity index (χ1) is 16.6. The fourth-order valence-electron chi connectivity index (χ4n) is 3.40. The molecular formula is C28H24N2O3S. The van der Waals surface area contributed by atoms with E-state index in [1.54, 1.807) is 55.6 Å². The highest BCUT2D eigenvalue weighted by Crippen LogP contribution is 2.36. The standard InChI is InChI=1S/C28H24N2O3S/c1-33-22-18-16-21(17-19-22)29-27(31)24-14-8-9-15-25(24)30-28(32)26(20-10-4-2-5-11-20)34-23-12-6-3-7-13-23/h2-19,26H,1H3,(H,29,31)(H,30,32)/t26-/m1/s1. The smallest absolute Gasteiger partial charge is 0.257 e. The number of benzene rings is 4. The molecule has 0 spiro atoms. The molecule has 2 amide bonds. The van der Waals surface area contributed by atoms with Crippen LogP contribution in [-0.4, -0.2) is 18.9 Å². The lowest BCUT2D eigenvalue weighted by atomic mass is 10.1. The van der Waals surface area contributed by atoms with Crippen LogP contribution in [0.4, 0.5) is 11.4 Å². The molecular weight excluding hydrogens is 444 g/mol. The molecule has 0 aliphatic carbocycles. The van der Waals surface area contributed by atoms with Crippen molar-refractivity contribution in [2.45, 2.75) is 10.1 Å². The topological polar surface area (TPSA) is 67.4 Å². The van der Waals surface area contributed by atoms with Gasteiger partial charge in [-0.05, 0) is 54.1 Å². The molecule has 0 heterocycles. The second-order valence-corrected chi connectivity index (χ2v) is 8.62. The number of hydrogen-bond acceptors (Lipinski definition) is 4. The zero-order chi connectivity index (χ0) is 23.8. The van der Waals surface area contributed by atoms with Gasteiger partial charge >= 0.3 is 0 Å². The fraction of sp³-hybridized carbons (Fsp3) is 0.0714. The van der Waals surface area contributed by atoms with E-state index < -0.39 is 5.25 Å². The first-order valence-electron chi connectivity index (χ1n) is 10.8. The van der Waals surface area contributed by atoms with Gasteiger partial charge in [0.2, 0.25) is 5.91 Å². The molecule has 4 rings (SSSR count). The first kappa shape index (κ1) is 23.1. The van der Waals surface area contributed by atoms with Crippen LogP contribution in [0.2, 0.25) is 0 Å². The highest BCUT2D eigenvalue weighted by Gasteiger charge is 2.23. The van der Waals surface area contributed by atoms with E-state index in [4.69, 9.17) is 4.74 Å². The summed E-state index contributed by atoms with van der Waals surface area (Å²) in [4.78, 5) is 27.4. The minimum absolute atomic E-state index is 0.204. The Bertz CT molecular complexity index is 1250. The summed E-state index contributed by atoms with van der Waals surface area (Å²) < 4.78 is 5.16. The highest BCUT2D eigenvalue weighted by molar-refractivity contribution is 8.00. The number of nitrogens with one attached hydrogen (secondary N) is 2. The maximum Gasteiger partial charge on any atom is 0.257 e. The quantitative estimate of drug-likeness (QED) is 0.293. The van der Waals surface area contributed by atoms with E-state index >= 15 is 0 Å². The predicted molar refractivity (Wildman–Crippen MR) is 138 cm³/mol. The van der Waals surface area contributed by atoms with Crippen molar-refractivity contribution in [1.82, 2.24) is 0 Å². The summed E-state index contributed by atoms with van der Waals surface area (Å²) in [7, 11) is 1.59. The Hall–Kier alpha value is -4.03. The maximum absolute atomic E-state index is 13.4. The number of para-hydroxylation sites is 1. The Kier molecular flexibility index (Phi) is 7.63. The van der Waals surface area contributed by atoms with Crippen molar-refractivity contribution in [2.75, 3.05) is 17.7 Å². The van der Waals surface area contributed by atoms with Crippen LogP contribution in [0.25, 0.3) is 0 Å². The summed E-state index contributed by atoms with van der Waals surface area (Å²) >= 11 is 1.47. The van der Waals surface area contributed by atoms with Crippen molar-refractivity contribution < 1.29 is 14.3 Å². The van der Waals surface area contributed by atoms with E-state index in [0.29, 0.717) is 22.7 Å². The average molecular weight is 469 g/mol. The molecule has 0 saturated carbocycles. The van der Waals surface area contributed by atoms with Gasteiger partial charge in [-0.3, -0.25) is 9.59 Å². The Morgan fingerprint density at radius 2 is 1.35 bits per heavy atom. The normalized spacial score (nSPS) is 11.3. The molecule has 6 heteroatoms. The zero-order valence-corrected chi connectivity index (χ0v) is 19.4. The fourth-order valence-corrected chi connectivity index (χ4v) is 4.44. The molecule has 0 aliphatic heterocycles.